The van der Waals surface area contributed by atoms with Gasteiger partial charge in [0.1, 0.15) is 0 Å². The van der Waals surface area contributed by atoms with Gasteiger partial charge in [0.25, 0.3) is 0 Å². The Morgan fingerprint density at radius 1 is 1.25 bits per heavy atom. The van der Waals surface area contributed by atoms with Crippen molar-refractivity contribution in [3.05, 3.63) is 23.8 Å². The van der Waals surface area contributed by atoms with Crippen molar-refractivity contribution in [3.63, 3.8) is 0 Å². The number of carbonyl (C=O) groups excluding carboxylic acids is 2. The Labute approximate surface area is 118 Å². The number of esters is 1. The number of para-hydroxylation sites is 1. The monoisotopic (exact) mass is 280 g/mol. The first-order chi connectivity index (χ1) is 9.67. The van der Waals surface area contributed by atoms with E-state index in [1.165, 1.54) is 0 Å². The van der Waals surface area contributed by atoms with E-state index < -0.39 is 12.1 Å². The number of ether oxygens (including phenoxy) is 3. The molecule has 0 aliphatic rings. The molecule has 110 valence electrons. The van der Waals surface area contributed by atoms with Gasteiger partial charge in [0, 0.05) is 0 Å². The normalized spacial score (nSPS) is 11.6. The number of aldehydes is 1. The molecule has 0 spiro atoms. The third-order valence-corrected chi connectivity index (χ3v) is 2.62. The van der Waals surface area contributed by atoms with E-state index in [1.807, 2.05) is 13.8 Å². The molecule has 5 heteroatoms. The van der Waals surface area contributed by atoms with E-state index in [-0.39, 0.29) is 12.4 Å². The van der Waals surface area contributed by atoms with Crippen LogP contribution in [0.1, 0.15) is 37.6 Å². The second kappa shape index (κ2) is 8.19. The van der Waals surface area contributed by atoms with Gasteiger partial charge in [-0.05, 0) is 32.4 Å². The zero-order valence-electron chi connectivity index (χ0n) is 12.0. The molecule has 1 atom stereocenters. The molecule has 0 saturated carbocycles. The molecule has 5 nitrogen and oxygen atoms in total. The van der Waals surface area contributed by atoms with Crippen molar-refractivity contribution in [3.8, 4) is 11.5 Å². The molecule has 0 amide bonds. The molecule has 0 aliphatic heterocycles. The fourth-order valence-electron chi connectivity index (χ4n) is 1.70. The van der Waals surface area contributed by atoms with Crippen molar-refractivity contribution in [1.29, 1.82) is 0 Å². The maximum atomic E-state index is 11.8. The first-order valence-electron chi connectivity index (χ1n) is 6.72. The summed E-state index contributed by atoms with van der Waals surface area (Å²) in [5.41, 5.74) is 0.346. The first kappa shape index (κ1) is 16.0. The molecule has 1 aromatic carbocycles. The highest BCUT2D eigenvalue weighted by Crippen LogP contribution is 2.31. The average Bonchev–Trinajstić information content (AvgIpc) is 2.46. The van der Waals surface area contributed by atoms with Crippen LogP contribution in [-0.2, 0) is 9.53 Å². The fraction of sp³-hybridized carbons (Fsp3) is 0.467. The maximum Gasteiger partial charge on any atom is 0.347 e. The number of rotatable bonds is 8. The van der Waals surface area contributed by atoms with Crippen LogP contribution in [0.3, 0.4) is 0 Å². The second-order valence-corrected chi connectivity index (χ2v) is 3.99. The Morgan fingerprint density at radius 2 is 2.00 bits per heavy atom. The molecule has 0 heterocycles. The topological polar surface area (TPSA) is 61.8 Å². The lowest BCUT2D eigenvalue weighted by Gasteiger charge is -2.19. The predicted octanol–water partition coefficient (Wildman–Crippen LogP) is 2.62. The smallest absolute Gasteiger partial charge is 0.347 e. The molecule has 20 heavy (non-hydrogen) atoms. The van der Waals surface area contributed by atoms with Crippen molar-refractivity contribution in [1.82, 2.24) is 0 Å². The summed E-state index contributed by atoms with van der Waals surface area (Å²) in [6.07, 6.45) is 0.364. The summed E-state index contributed by atoms with van der Waals surface area (Å²) < 4.78 is 16.0. The van der Waals surface area contributed by atoms with Crippen LogP contribution in [0.5, 0.6) is 11.5 Å². The molecule has 0 radical (unpaired) electrons. The van der Waals surface area contributed by atoms with E-state index in [2.05, 4.69) is 0 Å². The van der Waals surface area contributed by atoms with Crippen molar-refractivity contribution in [2.45, 2.75) is 33.3 Å². The van der Waals surface area contributed by atoms with Crippen LogP contribution in [0.25, 0.3) is 0 Å². The molecule has 1 aromatic rings. The van der Waals surface area contributed by atoms with Crippen LogP contribution in [-0.4, -0.2) is 31.6 Å². The molecule has 0 N–H and O–H groups in total. The Bertz CT molecular complexity index is 456. The summed E-state index contributed by atoms with van der Waals surface area (Å²) in [6.45, 7) is 6.10. The number of hydrogen-bond donors (Lipinski definition) is 0. The SMILES string of the molecule is CCOC(=O)C(CC)Oc1c(C=O)cccc1OCC. The van der Waals surface area contributed by atoms with Crippen molar-refractivity contribution in [2.75, 3.05) is 13.2 Å². The average molecular weight is 280 g/mol. The molecule has 1 unspecified atom stereocenters. The van der Waals surface area contributed by atoms with Crippen LogP contribution in [0, 0.1) is 0 Å². The Morgan fingerprint density at radius 3 is 2.55 bits per heavy atom. The van der Waals surface area contributed by atoms with Crippen molar-refractivity contribution >= 4 is 12.3 Å². The van der Waals surface area contributed by atoms with E-state index in [4.69, 9.17) is 14.2 Å². The summed E-state index contributed by atoms with van der Waals surface area (Å²) in [4.78, 5) is 22.9. The van der Waals surface area contributed by atoms with Gasteiger partial charge in [-0.3, -0.25) is 4.79 Å². The standard InChI is InChI=1S/C15H20O5/c1-4-12(15(17)19-6-3)20-14-11(10-16)8-7-9-13(14)18-5-2/h7-10,12H,4-6H2,1-3H3. The highest BCUT2D eigenvalue weighted by atomic mass is 16.6. The van der Waals surface area contributed by atoms with Gasteiger partial charge in [0.2, 0.25) is 0 Å². The summed E-state index contributed by atoms with van der Waals surface area (Å²) in [5.74, 6) is 0.280. The number of hydrogen-bond acceptors (Lipinski definition) is 5. The van der Waals surface area contributed by atoms with E-state index >= 15 is 0 Å². The molecule has 0 aromatic heterocycles. The molecular formula is C15H20O5. The minimum absolute atomic E-state index is 0.282. The lowest BCUT2D eigenvalue weighted by molar-refractivity contribution is -0.151. The zero-order valence-corrected chi connectivity index (χ0v) is 12.0. The van der Waals surface area contributed by atoms with Crippen LogP contribution in [0.4, 0.5) is 0 Å². The van der Waals surface area contributed by atoms with Gasteiger partial charge < -0.3 is 14.2 Å². The molecule has 0 fully saturated rings. The zero-order chi connectivity index (χ0) is 15.0. The molecule has 0 bridgehead atoms. The minimum Gasteiger partial charge on any atom is -0.490 e. The van der Waals surface area contributed by atoms with Gasteiger partial charge in [-0.2, -0.15) is 0 Å². The molecule has 1 rings (SSSR count). The summed E-state index contributed by atoms with van der Waals surface area (Å²) in [5, 5.41) is 0. The van der Waals surface area contributed by atoms with E-state index in [0.29, 0.717) is 30.6 Å². The first-order valence-corrected chi connectivity index (χ1v) is 6.72. The van der Waals surface area contributed by atoms with Crippen LogP contribution >= 0.6 is 0 Å². The molecule has 0 aliphatic carbocycles. The fourth-order valence-corrected chi connectivity index (χ4v) is 1.70. The van der Waals surface area contributed by atoms with Crippen LogP contribution in [0.15, 0.2) is 18.2 Å². The van der Waals surface area contributed by atoms with E-state index in [0.717, 1.165) is 0 Å². The third-order valence-electron chi connectivity index (χ3n) is 2.62. The summed E-state index contributed by atoms with van der Waals surface area (Å²) in [7, 11) is 0. The van der Waals surface area contributed by atoms with Gasteiger partial charge in [-0.25, -0.2) is 4.79 Å². The molecule has 0 saturated heterocycles. The van der Waals surface area contributed by atoms with Gasteiger partial charge in [-0.1, -0.05) is 13.0 Å². The van der Waals surface area contributed by atoms with E-state index in [9.17, 15) is 9.59 Å². The minimum atomic E-state index is -0.754. The van der Waals surface area contributed by atoms with Crippen molar-refractivity contribution < 1.29 is 23.8 Å². The lowest BCUT2D eigenvalue weighted by atomic mass is 10.2. The predicted molar refractivity (Wildman–Crippen MR) is 74.3 cm³/mol. The molecular weight excluding hydrogens is 260 g/mol. The highest BCUT2D eigenvalue weighted by Gasteiger charge is 2.23. The van der Waals surface area contributed by atoms with Crippen LogP contribution < -0.4 is 9.47 Å². The van der Waals surface area contributed by atoms with E-state index in [1.54, 1.807) is 25.1 Å². The van der Waals surface area contributed by atoms with Crippen molar-refractivity contribution in [2.24, 2.45) is 0 Å². The Kier molecular flexibility index (Phi) is 6.56. The van der Waals surface area contributed by atoms with Gasteiger partial charge in [0.15, 0.2) is 23.9 Å². The second-order valence-electron chi connectivity index (χ2n) is 3.99. The third kappa shape index (κ3) is 3.98. The van der Waals surface area contributed by atoms with Gasteiger partial charge >= 0.3 is 5.97 Å². The summed E-state index contributed by atoms with van der Waals surface area (Å²) >= 11 is 0. The Balaban J connectivity index is 3.03. The Hall–Kier alpha value is -2.04. The maximum absolute atomic E-state index is 11.8. The highest BCUT2D eigenvalue weighted by molar-refractivity contribution is 5.82. The quantitative estimate of drug-likeness (QED) is 0.541. The van der Waals surface area contributed by atoms with Gasteiger partial charge in [0.05, 0.1) is 18.8 Å². The largest absolute Gasteiger partial charge is 0.490 e. The summed E-state index contributed by atoms with van der Waals surface area (Å²) in [6, 6.07) is 5.01. The van der Waals surface area contributed by atoms with Crippen LogP contribution in [0.2, 0.25) is 0 Å². The lowest BCUT2D eigenvalue weighted by Crippen LogP contribution is -2.29. The number of benzene rings is 1. The van der Waals surface area contributed by atoms with Gasteiger partial charge in [-0.15, -0.1) is 0 Å². The number of carbonyl (C=O) groups is 2.